The quantitative estimate of drug-likeness (QED) is 0.750. The van der Waals surface area contributed by atoms with Crippen molar-refractivity contribution in [3.05, 3.63) is 63.8 Å². The predicted molar refractivity (Wildman–Crippen MR) is 101 cm³/mol. The first kappa shape index (κ1) is 16.8. The molecule has 0 spiro atoms. The molecule has 1 fully saturated rings. The zero-order chi connectivity index (χ0) is 18.1. The van der Waals surface area contributed by atoms with Crippen LogP contribution in [0.2, 0.25) is 5.02 Å². The molecule has 1 unspecified atom stereocenters. The minimum atomic E-state index is -0.422. The maximum absolute atomic E-state index is 12.5. The summed E-state index contributed by atoms with van der Waals surface area (Å²) in [5.74, 6) is 0.277. The molecule has 0 radical (unpaired) electrons. The van der Waals surface area contributed by atoms with E-state index < -0.39 is 6.10 Å². The van der Waals surface area contributed by atoms with Crippen LogP contribution in [0.3, 0.4) is 0 Å². The Morgan fingerprint density at radius 1 is 1.12 bits per heavy atom. The molecule has 1 aliphatic rings. The number of halogens is 1. The van der Waals surface area contributed by atoms with Gasteiger partial charge in [0.25, 0.3) is 5.91 Å². The smallest absolute Gasteiger partial charge is 0.253 e. The Balaban J connectivity index is 1.65. The number of carbonyl (C=O) groups excluding carboxylic acids is 1. The van der Waals surface area contributed by atoms with E-state index in [-0.39, 0.29) is 11.3 Å². The molecule has 0 saturated carbocycles. The molecular weight excluding hydrogens is 354 g/mol. The van der Waals surface area contributed by atoms with Gasteiger partial charge in [-0.05, 0) is 55.3 Å². The second-order valence-corrected chi connectivity index (χ2v) is 6.62. The summed E-state index contributed by atoms with van der Waals surface area (Å²) in [6.07, 6.45) is 1.17. The molecule has 1 N–H and O–H groups in total. The topological polar surface area (TPSA) is 68.5 Å². The Kier molecular flexibility index (Phi) is 4.49. The molecule has 3 aromatic rings. The number of rotatable bonds is 3. The molecule has 6 heteroatoms. The molecule has 1 atom stereocenters. The van der Waals surface area contributed by atoms with Gasteiger partial charge in [-0.25, -0.2) is 0 Å². The second kappa shape index (κ2) is 6.94. The first-order chi connectivity index (χ1) is 12.6. The van der Waals surface area contributed by atoms with E-state index in [1.807, 2.05) is 0 Å². The summed E-state index contributed by atoms with van der Waals surface area (Å²) in [7, 11) is 0. The summed E-state index contributed by atoms with van der Waals surface area (Å²) >= 11 is 5.90. The highest BCUT2D eigenvalue weighted by Crippen LogP contribution is 2.25. The molecular formula is C20H16ClNO4. The van der Waals surface area contributed by atoms with Gasteiger partial charge in [-0.2, -0.15) is 0 Å². The van der Waals surface area contributed by atoms with E-state index in [1.54, 1.807) is 42.5 Å². The Morgan fingerprint density at radius 3 is 2.65 bits per heavy atom. The predicted octanol–water partition coefficient (Wildman–Crippen LogP) is 4.23. The molecule has 2 aromatic carbocycles. The lowest BCUT2D eigenvalue weighted by Crippen LogP contribution is -2.26. The Bertz CT molecular complexity index is 1020. The van der Waals surface area contributed by atoms with Crippen LogP contribution in [0.15, 0.2) is 57.7 Å². The molecule has 1 aliphatic heterocycles. The largest absolute Gasteiger partial charge is 0.456 e. The van der Waals surface area contributed by atoms with E-state index in [4.69, 9.17) is 20.8 Å². The van der Waals surface area contributed by atoms with Crippen LogP contribution in [-0.2, 0) is 9.53 Å². The van der Waals surface area contributed by atoms with Crippen LogP contribution in [0, 0.1) is 0 Å². The van der Waals surface area contributed by atoms with Crippen LogP contribution in [0.4, 0.5) is 5.69 Å². The van der Waals surface area contributed by atoms with Crippen LogP contribution >= 0.6 is 11.6 Å². The highest BCUT2D eigenvalue weighted by atomic mass is 35.5. The van der Waals surface area contributed by atoms with Gasteiger partial charge in [0, 0.05) is 28.9 Å². The van der Waals surface area contributed by atoms with Gasteiger partial charge in [-0.1, -0.05) is 11.6 Å². The van der Waals surface area contributed by atoms with E-state index in [0.717, 1.165) is 12.0 Å². The normalized spacial score (nSPS) is 16.7. The highest BCUT2D eigenvalue weighted by molar-refractivity contribution is 6.30. The first-order valence-corrected chi connectivity index (χ1v) is 8.74. The zero-order valence-corrected chi connectivity index (χ0v) is 14.6. The summed E-state index contributed by atoms with van der Waals surface area (Å²) in [6.45, 7) is 0.604. The summed E-state index contributed by atoms with van der Waals surface area (Å²) in [5, 5.41) is 3.82. The Hall–Kier alpha value is -2.63. The number of fused-ring (bicyclic) bond motifs is 1. The van der Waals surface area contributed by atoms with Crippen molar-refractivity contribution in [1.29, 1.82) is 0 Å². The third kappa shape index (κ3) is 3.36. The summed E-state index contributed by atoms with van der Waals surface area (Å²) in [5.41, 5.74) is 1.59. The van der Waals surface area contributed by atoms with Gasteiger partial charge in [-0.15, -0.1) is 0 Å². The van der Waals surface area contributed by atoms with Gasteiger partial charge in [0.15, 0.2) is 5.43 Å². The van der Waals surface area contributed by atoms with Gasteiger partial charge >= 0.3 is 0 Å². The fraction of sp³-hybridized carbons (Fsp3) is 0.200. The van der Waals surface area contributed by atoms with Gasteiger partial charge in [0.2, 0.25) is 0 Å². The zero-order valence-electron chi connectivity index (χ0n) is 13.8. The molecule has 1 saturated heterocycles. The molecule has 0 aliphatic carbocycles. The molecule has 1 aromatic heterocycles. The van der Waals surface area contributed by atoms with Crippen molar-refractivity contribution in [3.8, 4) is 11.3 Å². The SMILES string of the molecule is O=C(Nc1ccc2oc(-c3ccc(Cl)cc3)cc(=O)c2c1)C1CCCO1. The minimum Gasteiger partial charge on any atom is -0.456 e. The van der Waals surface area contributed by atoms with Crippen molar-refractivity contribution in [1.82, 2.24) is 0 Å². The Labute approximate surface area is 154 Å². The van der Waals surface area contributed by atoms with Crippen LogP contribution in [0.5, 0.6) is 0 Å². The lowest BCUT2D eigenvalue weighted by Gasteiger charge is -2.11. The second-order valence-electron chi connectivity index (χ2n) is 6.18. The highest BCUT2D eigenvalue weighted by Gasteiger charge is 2.23. The van der Waals surface area contributed by atoms with E-state index in [9.17, 15) is 9.59 Å². The van der Waals surface area contributed by atoms with Crippen LogP contribution < -0.4 is 10.7 Å². The molecule has 26 heavy (non-hydrogen) atoms. The third-order valence-electron chi connectivity index (χ3n) is 4.35. The number of hydrogen-bond acceptors (Lipinski definition) is 4. The summed E-state index contributed by atoms with van der Waals surface area (Å²) in [4.78, 5) is 24.7. The van der Waals surface area contributed by atoms with Gasteiger partial charge in [-0.3, -0.25) is 9.59 Å². The number of benzene rings is 2. The lowest BCUT2D eigenvalue weighted by molar-refractivity contribution is -0.124. The van der Waals surface area contributed by atoms with Crippen molar-refractivity contribution in [2.24, 2.45) is 0 Å². The number of hydrogen-bond donors (Lipinski definition) is 1. The molecule has 5 nitrogen and oxygen atoms in total. The summed E-state index contributed by atoms with van der Waals surface area (Å²) in [6, 6.07) is 13.5. The monoisotopic (exact) mass is 369 g/mol. The van der Waals surface area contributed by atoms with Gasteiger partial charge < -0.3 is 14.5 Å². The van der Waals surface area contributed by atoms with Gasteiger partial charge in [0.05, 0.1) is 5.39 Å². The number of carbonyl (C=O) groups is 1. The average Bonchev–Trinajstić information content (AvgIpc) is 3.17. The van der Waals surface area contributed by atoms with Crippen molar-refractivity contribution >= 4 is 34.2 Å². The van der Waals surface area contributed by atoms with Crippen LogP contribution in [0.1, 0.15) is 12.8 Å². The molecule has 132 valence electrons. The molecule has 1 amide bonds. The fourth-order valence-corrected chi connectivity index (χ4v) is 3.12. The standard InChI is InChI=1S/C20H16ClNO4/c21-13-5-3-12(4-6-13)19-11-16(23)15-10-14(7-8-17(15)26-19)22-20(24)18-2-1-9-25-18/h3-8,10-11,18H,1-2,9H2,(H,22,24). The first-order valence-electron chi connectivity index (χ1n) is 8.36. The van der Waals surface area contributed by atoms with Crippen molar-refractivity contribution in [3.63, 3.8) is 0 Å². The van der Waals surface area contributed by atoms with Crippen molar-refractivity contribution in [2.45, 2.75) is 18.9 Å². The number of anilines is 1. The molecule has 0 bridgehead atoms. The van der Waals surface area contributed by atoms with E-state index in [1.165, 1.54) is 6.07 Å². The third-order valence-corrected chi connectivity index (χ3v) is 4.60. The van der Waals surface area contributed by atoms with E-state index in [2.05, 4.69) is 5.32 Å². The molecule has 4 rings (SSSR count). The lowest BCUT2D eigenvalue weighted by atomic mass is 10.1. The fourth-order valence-electron chi connectivity index (χ4n) is 3.00. The minimum absolute atomic E-state index is 0.176. The van der Waals surface area contributed by atoms with Crippen LogP contribution in [0.25, 0.3) is 22.3 Å². The number of nitrogens with one attached hydrogen (secondary N) is 1. The van der Waals surface area contributed by atoms with Crippen LogP contribution in [-0.4, -0.2) is 18.6 Å². The summed E-state index contributed by atoms with van der Waals surface area (Å²) < 4.78 is 11.2. The Morgan fingerprint density at radius 2 is 1.92 bits per heavy atom. The van der Waals surface area contributed by atoms with E-state index >= 15 is 0 Å². The van der Waals surface area contributed by atoms with Crippen molar-refractivity contribution < 1.29 is 13.9 Å². The maximum Gasteiger partial charge on any atom is 0.253 e. The maximum atomic E-state index is 12.5. The van der Waals surface area contributed by atoms with Gasteiger partial charge in [0.1, 0.15) is 17.4 Å². The number of amides is 1. The number of ether oxygens (including phenoxy) is 1. The molecule has 2 heterocycles. The van der Waals surface area contributed by atoms with E-state index in [0.29, 0.717) is 40.5 Å². The van der Waals surface area contributed by atoms with Crippen molar-refractivity contribution in [2.75, 3.05) is 11.9 Å². The average molecular weight is 370 g/mol.